The molecule has 1 amide bonds. The van der Waals surface area contributed by atoms with Gasteiger partial charge in [-0.15, -0.1) is 0 Å². The number of nitrogens with one attached hydrogen (secondary N) is 1. The molecule has 1 aliphatic heterocycles. The van der Waals surface area contributed by atoms with Crippen molar-refractivity contribution in [3.63, 3.8) is 0 Å². The summed E-state index contributed by atoms with van der Waals surface area (Å²) >= 11 is 1.29. The van der Waals surface area contributed by atoms with Crippen LogP contribution in [0.1, 0.15) is 33.1 Å². The normalized spacial score (nSPS) is 30.1. The third-order valence-corrected chi connectivity index (χ3v) is 4.53. The molecule has 1 rings (SSSR count). The van der Waals surface area contributed by atoms with Gasteiger partial charge >= 0.3 is 0 Å². The number of ether oxygens (including phenoxy) is 2. The van der Waals surface area contributed by atoms with E-state index in [1.54, 1.807) is 0 Å². The molecule has 0 aromatic rings. The van der Waals surface area contributed by atoms with Crippen molar-refractivity contribution in [2.24, 2.45) is 0 Å². The minimum absolute atomic E-state index is 0.0996. The van der Waals surface area contributed by atoms with Crippen molar-refractivity contribution in [3.05, 3.63) is 0 Å². The number of aliphatic hydroxyl groups is 3. The lowest BCUT2D eigenvalue weighted by Crippen LogP contribution is -2.64. The number of hydrogen-bond donors (Lipinski definition) is 4. The van der Waals surface area contributed by atoms with E-state index in [0.29, 0.717) is 6.61 Å². The number of unbranched alkanes of at least 4 members (excludes halogenated alkanes) is 2. The van der Waals surface area contributed by atoms with Crippen molar-refractivity contribution in [1.29, 1.82) is 0 Å². The number of thioether (sulfide) groups is 1. The summed E-state index contributed by atoms with van der Waals surface area (Å²) in [5.74, 6) is 0.383. The Morgan fingerprint density at radius 2 is 1.88 bits per heavy atom. The molecular formula is C15H27NO7S. The van der Waals surface area contributed by atoms with E-state index >= 15 is 0 Å². The SMILES string of the molecule is CC(=O)N[C@H]1C(O)[C@@H](O)C(CO)O[C@@H]1OCCCCCSC(C)=O. The van der Waals surface area contributed by atoms with Gasteiger partial charge in [-0.3, -0.25) is 9.59 Å². The number of amides is 1. The molecule has 24 heavy (non-hydrogen) atoms. The van der Waals surface area contributed by atoms with Gasteiger partial charge in [0.2, 0.25) is 5.91 Å². The monoisotopic (exact) mass is 365 g/mol. The lowest BCUT2D eigenvalue weighted by atomic mass is 9.97. The van der Waals surface area contributed by atoms with E-state index in [-0.39, 0.29) is 11.0 Å². The molecule has 0 aromatic heterocycles. The first kappa shape index (κ1) is 21.3. The fraction of sp³-hybridized carbons (Fsp3) is 0.867. The van der Waals surface area contributed by atoms with Crippen molar-refractivity contribution in [3.8, 4) is 0 Å². The summed E-state index contributed by atoms with van der Waals surface area (Å²) in [6.45, 7) is 2.70. The first-order chi connectivity index (χ1) is 11.4. The van der Waals surface area contributed by atoms with Crippen LogP contribution in [0.4, 0.5) is 0 Å². The van der Waals surface area contributed by atoms with Gasteiger partial charge in [0.25, 0.3) is 0 Å². The second-order valence-electron chi connectivity index (χ2n) is 5.70. The molecule has 0 spiro atoms. The molecule has 5 atom stereocenters. The summed E-state index contributed by atoms with van der Waals surface area (Å²) < 4.78 is 11.0. The molecule has 0 aliphatic carbocycles. The van der Waals surface area contributed by atoms with E-state index in [1.165, 1.54) is 25.6 Å². The predicted octanol–water partition coefficient (Wildman–Crippen LogP) is -0.603. The molecule has 1 saturated heterocycles. The van der Waals surface area contributed by atoms with Crippen molar-refractivity contribution >= 4 is 22.8 Å². The average Bonchev–Trinajstić information content (AvgIpc) is 2.52. The molecule has 4 N–H and O–H groups in total. The van der Waals surface area contributed by atoms with E-state index in [4.69, 9.17) is 9.47 Å². The number of rotatable bonds is 9. The topological polar surface area (TPSA) is 125 Å². The van der Waals surface area contributed by atoms with E-state index < -0.39 is 37.3 Å². The standard InChI is InChI=1S/C15H27NO7S/c1-9(18)16-12-14(21)13(20)11(8-17)23-15(12)22-6-4-3-5-7-24-10(2)19/h11-15,17,20-21H,3-8H2,1-2H3,(H,16,18)/t11?,12-,13-,14?,15-/m0/s1. The van der Waals surface area contributed by atoms with Gasteiger partial charge in [-0.25, -0.2) is 0 Å². The van der Waals surface area contributed by atoms with Crippen LogP contribution < -0.4 is 5.32 Å². The highest BCUT2D eigenvalue weighted by molar-refractivity contribution is 8.13. The van der Waals surface area contributed by atoms with Gasteiger partial charge in [-0.2, -0.15) is 0 Å². The highest BCUT2D eigenvalue weighted by Crippen LogP contribution is 2.22. The fourth-order valence-corrected chi connectivity index (χ4v) is 3.05. The Morgan fingerprint density at radius 1 is 1.17 bits per heavy atom. The summed E-state index contributed by atoms with van der Waals surface area (Å²) in [5, 5.41) is 31.8. The number of aliphatic hydroxyl groups excluding tert-OH is 3. The Morgan fingerprint density at radius 3 is 2.46 bits per heavy atom. The maximum Gasteiger partial charge on any atom is 0.217 e. The summed E-state index contributed by atoms with van der Waals surface area (Å²) in [4.78, 5) is 22.1. The molecular weight excluding hydrogens is 338 g/mol. The van der Waals surface area contributed by atoms with E-state index in [1.807, 2.05) is 0 Å². The Kier molecular flexibility index (Phi) is 9.79. The van der Waals surface area contributed by atoms with Gasteiger partial charge in [0, 0.05) is 26.2 Å². The van der Waals surface area contributed by atoms with Gasteiger partial charge in [-0.1, -0.05) is 18.2 Å². The van der Waals surface area contributed by atoms with Crippen LogP contribution in [0.15, 0.2) is 0 Å². The van der Waals surface area contributed by atoms with Crippen molar-refractivity contribution in [1.82, 2.24) is 5.32 Å². The van der Waals surface area contributed by atoms with Crippen LogP contribution in [0.2, 0.25) is 0 Å². The summed E-state index contributed by atoms with van der Waals surface area (Å²) in [5.41, 5.74) is 0. The van der Waals surface area contributed by atoms with Crippen LogP contribution in [-0.4, -0.2) is 76.0 Å². The summed E-state index contributed by atoms with van der Waals surface area (Å²) in [6, 6.07) is -0.909. The maximum absolute atomic E-state index is 11.3. The van der Waals surface area contributed by atoms with Gasteiger partial charge in [-0.05, 0) is 12.8 Å². The first-order valence-electron chi connectivity index (χ1n) is 8.01. The molecule has 0 radical (unpaired) electrons. The van der Waals surface area contributed by atoms with Gasteiger partial charge in [0.15, 0.2) is 11.4 Å². The third-order valence-electron chi connectivity index (χ3n) is 3.63. The van der Waals surface area contributed by atoms with Gasteiger partial charge in [0.1, 0.15) is 24.4 Å². The van der Waals surface area contributed by atoms with E-state index in [2.05, 4.69) is 5.32 Å². The van der Waals surface area contributed by atoms with Crippen molar-refractivity contribution < 1.29 is 34.4 Å². The van der Waals surface area contributed by atoms with Crippen LogP contribution in [0.25, 0.3) is 0 Å². The second-order valence-corrected chi connectivity index (χ2v) is 6.98. The summed E-state index contributed by atoms with van der Waals surface area (Å²) in [7, 11) is 0. The Bertz CT molecular complexity index is 409. The molecule has 1 heterocycles. The zero-order valence-electron chi connectivity index (χ0n) is 14.0. The number of carbonyl (C=O) groups is 2. The van der Waals surface area contributed by atoms with Crippen LogP contribution in [-0.2, 0) is 19.1 Å². The van der Waals surface area contributed by atoms with Crippen molar-refractivity contribution in [2.45, 2.75) is 63.8 Å². The first-order valence-corrected chi connectivity index (χ1v) is 9.00. The lowest BCUT2D eigenvalue weighted by Gasteiger charge is -2.42. The number of carbonyl (C=O) groups excluding carboxylic acids is 2. The zero-order chi connectivity index (χ0) is 18.1. The molecule has 140 valence electrons. The Balaban J connectivity index is 2.43. The van der Waals surface area contributed by atoms with Gasteiger partial charge in [0.05, 0.1) is 6.61 Å². The number of hydrogen-bond acceptors (Lipinski definition) is 8. The van der Waals surface area contributed by atoms with Crippen LogP contribution in [0, 0.1) is 0 Å². The zero-order valence-corrected chi connectivity index (χ0v) is 14.8. The van der Waals surface area contributed by atoms with E-state index in [9.17, 15) is 24.9 Å². The second kappa shape index (κ2) is 11.0. The molecule has 0 saturated carbocycles. The lowest BCUT2D eigenvalue weighted by molar-refractivity contribution is -0.270. The van der Waals surface area contributed by atoms with Crippen LogP contribution in [0.3, 0.4) is 0 Å². The van der Waals surface area contributed by atoms with Crippen LogP contribution >= 0.6 is 11.8 Å². The quantitative estimate of drug-likeness (QED) is 0.399. The van der Waals surface area contributed by atoms with Crippen molar-refractivity contribution in [2.75, 3.05) is 19.0 Å². The largest absolute Gasteiger partial charge is 0.394 e. The molecule has 0 bridgehead atoms. The van der Waals surface area contributed by atoms with Crippen LogP contribution in [0.5, 0.6) is 0 Å². The predicted molar refractivity (Wildman–Crippen MR) is 88.3 cm³/mol. The Hall–Kier alpha value is -0.710. The Labute approximate surface area is 145 Å². The molecule has 1 fully saturated rings. The fourth-order valence-electron chi connectivity index (χ4n) is 2.41. The maximum atomic E-state index is 11.3. The minimum Gasteiger partial charge on any atom is -0.394 e. The average molecular weight is 365 g/mol. The highest BCUT2D eigenvalue weighted by Gasteiger charge is 2.45. The molecule has 9 heteroatoms. The smallest absolute Gasteiger partial charge is 0.217 e. The summed E-state index contributed by atoms with van der Waals surface area (Å²) in [6.07, 6.45) is -2.04. The highest BCUT2D eigenvalue weighted by atomic mass is 32.2. The van der Waals surface area contributed by atoms with E-state index in [0.717, 1.165) is 25.0 Å². The molecule has 8 nitrogen and oxygen atoms in total. The molecule has 1 aliphatic rings. The third kappa shape index (κ3) is 7.04. The van der Waals surface area contributed by atoms with Gasteiger partial charge < -0.3 is 30.1 Å². The minimum atomic E-state index is -1.31. The molecule has 0 aromatic carbocycles. The molecule has 2 unspecified atom stereocenters.